The van der Waals surface area contributed by atoms with Crippen molar-refractivity contribution in [2.45, 2.75) is 49.3 Å². The van der Waals surface area contributed by atoms with Gasteiger partial charge in [0.2, 0.25) is 0 Å². The SMILES string of the molecule is COc1ccc2c3c1O[C@H]1[C@@H](O)C=C[C@H]4[C@@H](C2)N(C)CC[C@@]341.COc1cccc2cc(C(C)C(=O)O)ccc12. The highest BCUT2D eigenvalue weighted by Gasteiger charge is 2.64. The minimum absolute atomic E-state index is 0.0806. The molecule has 1 spiro atoms. The first-order valence-corrected chi connectivity index (χ1v) is 13.5. The van der Waals surface area contributed by atoms with Gasteiger partial charge < -0.3 is 29.3 Å². The lowest BCUT2D eigenvalue weighted by Crippen LogP contribution is -2.64. The van der Waals surface area contributed by atoms with Crippen LogP contribution in [0.25, 0.3) is 10.8 Å². The number of fused-ring (bicyclic) bond motifs is 1. The van der Waals surface area contributed by atoms with Crippen LogP contribution >= 0.6 is 0 Å². The fraction of sp³-hybridized carbons (Fsp3) is 0.406. The van der Waals surface area contributed by atoms with Gasteiger partial charge in [-0.25, -0.2) is 0 Å². The summed E-state index contributed by atoms with van der Waals surface area (Å²) >= 11 is 0. The number of carboxylic acids is 1. The third-order valence-electron chi connectivity index (χ3n) is 9.31. The predicted molar refractivity (Wildman–Crippen MR) is 149 cm³/mol. The number of hydrogen-bond donors (Lipinski definition) is 2. The van der Waals surface area contributed by atoms with Gasteiger partial charge in [0.25, 0.3) is 0 Å². The van der Waals surface area contributed by atoms with Gasteiger partial charge >= 0.3 is 5.97 Å². The Bertz CT molecular complexity index is 1470. The fourth-order valence-corrected chi connectivity index (χ4v) is 7.25. The summed E-state index contributed by atoms with van der Waals surface area (Å²) in [6, 6.07) is 16.1. The molecule has 2 N–H and O–H groups in total. The molecule has 39 heavy (non-hydrogen) atoms. The maximum atomic E-state index is 10.9. The average Bonchev–Trinajstić information content (AvgIpc) is 3.31. The van der Waals surface area contributed by atoms with Gasteiger partial charge in [0.05, 0.1) is 20.1 Å². The molecule has 3 aromatic rings. The molecule has 2 aliphatic heterocycles. The van der Waals surface area contributed by atoms with Gasteiger partial charge in [0, 0.05) is 28.3 Å². The van der Waals surface area contributed by atoms with Gasteiger partial charge in [-0.2, -0.15) is 0 Å². The van der Waals surface area contributed by atoms with Crippen molar-refractivity contribution in [2.24, 2.45) is 5.92 Å². The van der Waals surface area contributed by atoms with Crippen molar-refractivity contribution in [3.05, 3.63) is 77.4 Å². The number of carboxylic acid groups (broad SMARTS) is 1. The zero-order chi connectivity index (χ0) is 27.5. The lowest BCUT2D eigenvalue weighted by molar-refractivity contribution is -0.138. The van der Waals surface area contributed by atoms with Crippen LogP contribution in [0, 0.1) is 5.92 Å². The van der Waals surface area contributed by atoms with Gasteiger partial charge in [-0.05, 0) is 62.0 Å². The second-order valence-corrected chi connectivity index (χ2v) is 11.1. The zero-order valence-corrected chi connectivity index (χ0v) is 22.8. The van der Waals surface area contributed by atoms with Crippen molar-refractivity contribution >= 4 is 16.7 Å². The van der Waals surface area contributed by atoms with Crippen LogP contribution in [0.2, 0.25) is 0 Å². The molecule has 0 aromatic heterocycles. The highest BCUT2D eigenvalue weighted by atomic mass is 16.5. The van der Waals surface area contributed by atoms with Gasteiger partial charge in [-0.15, -0.1) is 0 Å². The van der Waals surface area contributed by atoms with Crippen LogP contribution in [0.1, 0.15) is 36.0 Å². The highest BCUT2D eigenvalue weighted by Crippen LogP contribution is 2.62. The Morgan fingerprint density at radius 2 is 1.90 bits per heavy atom. The fourth-order valence-electron chi connectivity index (χ4n) is 7.25. The van der Waals surface area contributed by atoms with Crippen LogP contribution in [0.4, 0.5) is 0 Å². The summed E-state index contributed by atoms with van der Waals surface area (Å²) in [6.07, 6.45) is 5.54. The molecule has 2 heterocycles. The molecular weight excluding hydrogens is 494 g/mol. The Kier molecular flexibility index (Phi) is 6.31. The molecule has 6 atom stereocenters. The summed E-state index contributed by atoms with van der Waals surface area (Å²) in [5, 5.41) is 21.5. The lowest BCUT2D eigenvalue weighted by atomic mass is 9.53. The monoisotopic (exact) mass is 529 g/mol. The molecule has 0 amide bonds. The van der Waals surface area contributed by atoms with Crippen LogP contribution in [0.15, 0.2) is 60.7 Å². The molecule has 7 rings (SSSR count). The van der Waals surface area contributed by atoms with Crippen molar-refractivity contribution in [2.75, 3.05) is 27.8 Å². The molecular formula is C32H35NO6. The third kappa shape index (κ3) is 3.82. The largest absolute Gasteiger partial charge is 0.496 e. The number of likely N-dealkylation sites (N-methyl/N-ethyl adjacent to an activating group) is 1. The van der Waals surface area contributed by atoms with Crippen LogP contribution in [0.5, 0.6) is 17.2 Å². The number of piperidine rings is 1. The number of aliphatic hydroxyl groups is 1. The van der Waals surface area contributed by atoms with E-state index in [1.165, 1.54) is 11.1 Å². The molecule has 7 heteroatoms. The summed E-state index contributed by atoms with van der Waals surface area (Å²) < 4.78 is 17.1. The van der Waals surface area contributed by atoms with E-state index in [9.17, 15) is 9.90 Å². The first-order chi connectivity index (χ1) is 18.8. The molecule has 1 fully saturated rings. The van der Waals surface area contributed by atoms with Crippen LogP contribution < -0.4 is 14.2 Å². The maximum Gasteiger partial charge on any atom is 0.310 e. The zero-order valence-electron chi connectivity index (χ0n) is 22.8. The van der Waals surface area contributed by atoms with E-state index in [4.69, 9.17) is 19.3 Å². The highest BCUT2D eigenvalue weighted by molar-refractivity contribution is 5.90. The molecule has 1 unspecified atom stereocenters. The van der Waals surface area contributed by atoms with Gasteiger partial charge in [-0.3, -0.25) is 4.79 Å². The van der Waals surface area contributed by atoms with E-state index in [1.54, 1.807) is 21.1 Å². The number of nitrogens with zero attached hydrogens (tertiary/aromatic N) is 1. The van der Waals surface area contributed by atoms with Crippen molar-refractivity contribution < 1.29 is 29.2 Å². The Balaban J connectivity index is 0.000000148. The predicted octanol–water partition coefficient (Wildman–Crippen LogP) is 4.54. The summed E-state index contributed by atoms with van der Waals surface area (Å²) in [5.41, 5.74) is 3.41. The smallest absolute Gasteiger partial charge is 0.310 e. The molecule has 1 saturated heterocycles. The van der Waals surface area contributed by atoms with E-state index in [1.807, 2.05) is 48.5 Å². The summed E-state index contributed by atoms with van der Waals surface area (Å²) in [6.45, 7) is 2.74. The van der Waals surface area contributed by atoms with E-state index >= 15 is 0 Å². The van der Waals surface area contributed by atoms with Gasteiger partial charge in [0.15, 0.2) is 11.5 Å². The quantitative estimate of drug-likeness (QED) is 0.480. The van der Waals surface area contributed by atoms with Gasteiger partial charge in [-0.1, -0.05) is 48.6 Å². The van der Waals surface area contributed by atoms with E-state index in [-0.39, 0.29) is 11.5 Å². The molecule has 204 valence electrons. The number of benzene rings is 3. The number of hydrogen-bond acceptors (Lipinski definition) is 6. The second kappa shape index (κ2) is 9.57. The molecule has 7 nitrogen and oxygen atoms in total. The molecule has 2 bridgehead atoms. The topological polar surface area (TPSA) is 88.5 Å². The van der Waals surface area contributed by atoms with Gasteiger partial charge in [0.1, 0.15) is 18.0 Å². The average molecular weight is 530 g/mol. The van der Waals surface area contributed by atoms with Crippen molar-refractivity contribution in [1.82, 2.24) is 4.90 Å². The van der Waals surface area contributed by atoms with Crippen molar-refractivity contribution in [3.63, 3.8) is 0 Å². The summed E-state index contributed by atoms with van der Waals surface area (Å²) in [5.74, 6) is 1.59. The Morgan fingerprint density at radius 3 is 2.64 bits per heavy atom. The number of ether oxygens (including phenoxy) is 3. The standard InChI is InChI=1S/C18H21NO3.C14H14O3/c1-19-8-7-18-11-4-5-13(20)17(18)22-16-14(21-2)6-3-10(15(16)18)9-12(11)19;1-9(14(15)16)10-6-7-12-11(8-10)4-3-5-13(12)17-2/h3-6,11-13,17,20H,7-9H2,1-2H3;3-9H,1-2H3,(H,15,16)/t11-,12+,13-,17-,18-;/m0./s1. The molecule has 2 aliphatic carbocycles. The molecule has 0 radical (unpaired) electrons. The first kappa shape index (κ1) is 25.7. The normalized spacial score (nSPS) is 28.5. The number of methoxy groups -OCH3 is 2. The number of likely N-dealkylation sites (tertiary alicyclic amines) is 1. The number of aliphatic hydroxyl groups excluding tert-OH is 1. The maximum absolute atomic E-state index is 10.9. The summed E-state index contributed by atoms with van der Waals surface area (Å²) in [4.78, 5) is 13.4. The van der Waals surface area contributed by atoms with E-state index in [2.05, 4.69) is 24.1 Å². The lowest BCUT2D eigenvalue weighted by Gasteiger charge is -2.56. The minimum Gasteiger partial charge on any atom is -0.496 e. The first-order valence-electron chi connectivity index (χ1n) is 13.5. The number of aliphatic carboxylic acids is 1. The van der Waals surface area contributed by atoms with Crippen LogP contribution in [-0.2, 0) is 16.6 Å². The Labute approximate surface area is 228 Å². The second-order valence-electron chi connectivity index (χ2n) is 11.1. The Morgan fingerprint density at radius 1 is 1.10 bits per heavy atom. The van der Waals surface area contributed by atoms with Crippen molar-refractivity contribution in [3.8, 4) is 17.2 Å². The van der Waals surface area contributed by atoms with Crippen molar-refractivity contribution in [1.29, 1.82) is 0 Å². The van der Waals surface area contributed by atoms with E-state index < -0.39 is 18.0 Å². The minimum atomic E-state index is -0.813. The molecule has 4 aliphatic rings. The summed E-state index contributed by atoms with van der Waals surface area (Å²) in [7, 11) is 5.53. The number of carbonyl (C=O) groups is 1. The Hall–Kier alpha value is -3.55. The molecule has 3 aromatic carbocycles. The van der Waals surface area contributed by atoms with E-state index in [0.717, 1.165) is 53.0 Å². The van der Waals surface area contributed by atoms with Crippen LogP contribution in [0.3, 0.4) is 0 Å². The molecule has 0 saturated carbocycles. The van der Waals surface area contributed by atoms with E-state index in [0.29, 0.717) is 12.0 Å². The van der Waals surface area contributed by atoms with Crippen LogP contribution in [-0.4, -0.2) is 67.1 Å². The number of rotatable bonds is 4. The third-order valence-corrected chi connectivity index (χ3v) is 9.31.